The van der Waals surface area contributed by atoms with Crippen molar-refractivity contribution < 1.29 is 61.4 Å². The lowest BCUT2D eigenvalue weighted by Crippen LogP contribution is -2.63. The molecule has 14 nitrogen and oxygen atoms in total. The third-order valence-corrected chi connectivity index (χ3v) is 4.76. The summed E-state index contributed by atoms with van der Waals surface area (Å²) in [7, 11) is -4.80. The molecule has 29 heavy (non-hydrogen) atoms. The Kier molecular flexibility index (Phi) is 7.88. The Labute approximate surface area is 165 Å². The van der Waals surface area contributed by atoms with Gasteiger partial charge < -0.3 is 40.0 Å². The number of carbonyl (C=O) groups excluding carboxylic acids is 1. The largest absolute Gasteiger partial charge is 0.479 e. The van der Waals surface area contributed by atoms with Crippen LogP contribution in [0.5, 0.6) is 0 Å². The molecular formula is C14H23NO13S. The number of aliphatic carboxylic acids is 1. The van der Waals surface area contributed by atoms with Crippen molar-refractivity contribution in [3.63, 3.8) is 0 Å². The molecule has 2 heterocycles. The van der Waals surface area contributed by atoms with Crippen LogP contribution in [0.15, 0.2) is 0 Å². The van der Waals surface area contributed by atoms with Gasteiger partial charge in [-0.15, -0.1) is 0 Å². The Morgan fingerprint density at radius 3 is 2.41 bits per heavy atom. The van der Waals surface area contributed by atoms with Crippen LogP contribution in [-0.4, -0.2) is 107 Å². The standard InChI is InChI=1S/C14H23NO13S/c1-5(16)15-9-7(17)2-6(3-26-29(22,23)24)27-14(9)28-11-10(19)8(18)4-25-12(11)13(20)21/h6-12,14,17-19H,2-4H2,1H3,(H,15,16)(H,20,21)(H,22,23,24)/t6?,7?,8?,9-,10-,11+,12?,14-/m0/s1. The van der Waals surface area contributed by atoms with Crippen molar-refractivity contribution >= 4 is 22.3 Å². The molecule has 4 unspecified atom stereocenters. The molecule has 2 aliphatic heterocycles. The number of aliphatic hydroxyl groups is 3. The molecule has 0 bridgehead atoms. The Morgan fingerprint density at radius 1 is 1.21 bits per heavy atom. The molecule has 15 heteroatoms. The van der Waals surface area contributed by atoms with Crippen molar-refractivity contribution in [3.05, 3.63) is 0 Å². The topological polar surface area (TPSA) is 218 Å². The number of hydrogen-bond donors (Lipinski definition) is 6. The zero-order chi connectivity index (χ0) is 21.9. The first kappa shape index (κ1) is 23.8. The minimum absolute atomic E-state index is 0.227. The maximum atomic E-state index is 11.4. The Balaban J connectivity index is 2.21. The molecule has 2 aliphatic rings. The number of carbonyl (C=O) groups is 2. The highest BCUT2D eigenvalue weighted by Crippen LogP contribution is 2.27. The van der Waals surface area contributed by atoms with E-state index in [-0.39, 0.29) is 6.42 Å². The number of carboxylic acids is 1. The second kappa shape index (κ2) is 9.59. The van der Waals surface area contributed by atoms with Gasteiger partial charge in [-0.1, -0.05) is 0 Å². The number of nitrogens with one attached hydrogen (secondary N) is 1. The number of ether oxygens (including phenoxy) is 3. The van der Waals surface area contributed by atoms with Crippen molar-refractivity contribution in [1.29, 1.82) is 0 Å². The molecule has 0 aromatic rings. The average Bonchev–Trinajstić information content (AvgIpc) is 2.59. The van der Waals surface area contributed by atoms with Crippen LogP contribution in [-0.2, 0) is 38.4 Å². The van der Waals surface area contributed by atoms with Gasteiger partial charge in [-0.2, -0.15) is 8.42 Å². The van der Waals surface area contributed by atoms with Crippen molar-refractivity contribution in [2.45, 2.75) is 62.3 Å². The summed E-state index contributed by atoms with van der Waals surface area (Å²) in [5.74, 6) is -2.09. The predicted molar refractivity (Wildman–Crippen MR) is 88.7 cm³/mol. The Hall–Kier alpha value is -1.43. The lowest BCUT2D eigenvalue weighted by atomic mass is 9.97. The highest BCUT2D eigenvalue weighted by atomic mass is 32.3. The van der Waals surface area contributed by atoms with E-state index in [9.17, 15) is 38.4 Å². The van der Waals surface area contributed by atoms with E-state index in [4.69, 9.17) is 18.8 Å². The first-order chi connectivity index (χ1) is 13.4. The van der Waals surface area contributed by atoms with E-state index in [0.29, 0.717) is 0 Å². The van der Waals surface area contributed by atoms with Crippen molar-refractivity contribution in [3.8, 4) is 0 Å². The third kappa shape index (κ3) is 6.53. The van der Waals surface area contributed by atoms with Gasteiger partial charge in [0.2, 0.25) is 5.91 Å². The second-order valence-electron chi connectivity index (χ2n) is 6.62. The van der Waals surface area contributed by atoms with E-state index in [1.165, 1.54) is 0 Å². The highest BCUT2D eigenvalue weighted by Gasteiger charge is 2.48. The average molecular weight is 445 g/mol. The smallest absolute Gasteiger partial charge is 0.397 e. The molecule has 0 aromatic heterocycles. The van der Waals surface area contributed by atoms with Gasteiger partial charge in [0, 0.05) is 13.3 Å². The fourth-order valence-corrected chi connectivity index (χ4v) is 3.35. The molecule has 0 radical (unpaired) electrons. The lowest BCUT2D eigenvalue weighted by Gasteiger charge is -2.43. The van der Waals surface area contributed by atoms with Gasteiger partial charge in [0.25, 0.3) is 0 Å². The molecule has 8 atom stereocenters. The van der Waals surface area contributed by atoms with Gasteiger partial charge in [-0.3, -0.25) is 9.35 Å². The highest BCUT2D eigenvalue weighted by molar-refractivity contribution is 7.80. The summed E-state index contributed by atoms with van der Waals surface area (Å²) in [6, 6.07) is -1.23. The summed E-state index contributed by atoms with van der Waals surface area (Å²) in [6.45, 7) is -0.0387. The van der Waals surface area contributed by atoms with Crippen LogP contribution in [0.2, 0.25) is 0 Å². The molecule has 0 spiro atoms. The summed E-state index contributed by atoms with van der Waals surface area (Å²) < 4.78 is 50.2. The van der Waals surface area contributed by atoms with Gasteiger partial charge in [0.15, 0.2) is 12.4 Å². The SMILES string of the molecule is CC(=O)N[C@H]1C(O)CC(COS(=O)(=O)O)O[C@H]1O[C@H]1C(C(=O)O)OCC(O)[C@@H]1O. The zero-order valence-electron chi connectivity index (χ0n) is 15.2. The lowest BCUT2D eigenvalue weighted by molar-refractivity contribution is -0.294. The predicted octanol–water partition coefficient (Wildman–Crippen LogP) is -3.62. The summed E-state index contributed by atoms with van der Waals surface area (Å²) in [5, 5.41) is 41.8. The van der Waals surface area contributed by atoms with Gasteiger partial charge in [-0.05, 0) is 0 Å². The minimum atomic E-state index is -4.80. The minimum Gasteiger partial charge on any atom is -0.479 e. The van der Waals surface area contributed by atoms with Crippen LogP contribution in [0.3, 0.4) is 0 Å². The Bertz CT molecular complexity index is 700. The first-order valence-corrected chi connectivity index (χ1v) is 9.84. The molecule has 6 N–H and O–H groups in total. The van der Waals surface area contributed by atoms with E-state index >= 15 is 0 Å². The molecule has 2 rings (SSSR count). The number of rotatable bonds is 7. The van der Waals surface area contributed by atoms with Crippen molar-refractivity contribution in [2.24, 2.45) is 0 Å². The zero-order valence-corrected chi connectivity index (χ0v) is 16.0. The van der Waals surface area contributed by atoms with Crippen LogP contribution in [0, 0.1) is 0 Å². The fraction of sp³-hybridized carbons (Fsp3) is 0.857. The van der Waals surface area contributed by atoms with E-state index in [2.05, 4.69) is 9.50 Å². The van der Waals surface area contributed by atoms with Crippen LogP contribution in [0.1, 0.15) is 13.3 Å². The molecule has 1 amide bonds. The number of hydrogen-bond acceptors (Lipinski definition) is 11. The summed E-state index contributed by atoms with van der Waals surface area (Å²) in [6.07, 6.45) is -10.8. The molecule has 0 aliphatic carbocycles. The summed E-state index contributed by atoms with van der Waals surface area (Å²) >= 11 is 0. The van der Waals surface area contributed by atoms with E-state index in [0.717, 1.165) is 6.92 Å². The van der Waals surface area contributed by atoms with Crippen LogP contribution >= 0.6 is 0 Å². The third-order valence-electron chi connectivity index (χ3n) is 4.32. The van der Waals surface area contributed by atoms with E-state index < -0.39 is 84.4 Å². The first-order valence-electron chi connectivity index (χ1n) is 8.47. The quantitative estimate of drug-likeness (QED) is 0.209. The fourth-order valence-electron chi connectivity index (χ4n) is 3.02. The maximum Gasteiger partial charge on any atom is 0.397 e. The van der Waals surface area contributed by atoms with Gasteiger partial charge in [0.05, 0.1) is 25.4 Å². The summed E-state index contributed by atoms with van der Waals surface area (Å²) in [4.78, 5) is 22.8. The monoisotopic (exact) mass is 445 g/mol. The molecule has 2 saturated heterocycles. The number of aliphatic hydroxyl groups excluding tert-OH is 3. The van der Waals surface area contributed by atoms with Crippen molar-refractivity contribution in [1.82, 2.24) is 5.32 Å². The molecule has 0 saturated carbocycles. The van der Waals surface area contributed by atoms with Crippen LogP contribution in [0.25, 0.3) is 0 Å². The second-order valence-corrected chi connectivity index (χ2v) is 7.71. The van der Waals surface area contributed by atoms with Crippen LogP contribution < -0.4 is 5.32 Å². The van der Waals surface area contributed by atoms with Gasteiger partial charge in [-0.25, -0.2) is 8.98 Å². The molecule has 2 fully saturated rings. The Morgan fingerprint density at radius 2 is 1.86 bits per heavy atom. The molecular weight excluding hydrogens is 422 g/mol. The van der Waals surface area contributed by atoms with E-state index in [1.807, 2.05) is 0 Å². The molecule has 168 valence electrons. The maximum absolute atomic E-state index is 11.4. The normalized spacial score (nSPS) is 38.4. The molecule has 0 aromatic carbocycles. The number of amides is 1. The summed E-state index contributed by atoms with van der Waals surface area (Å²) in [5.41, 5.74) is 0. The van der Waals surface area contributed by atoms with Gasteiger partial charge >= 0.3 is 16.4 Å². The van der Waals surface area contributed by atoms with Gasteiger partial charge in [0.1, 0.15) is 24.4 Å². The van der Waals surface area contributed by atoms with E-state index in [1.54, 1.807) is 0 Å². The van der Waals surface area contributed by atoms with Crippen LogP contribution in [0.4, 0.5) is 0 Å². The van der Waals surface area contributed by atoms with Crippen molar-refractivity contribution in [2.75, 3.05) is 13.2 Å². The number of carboxylic acid groups (broad SMARTS) is 1.